The van der Waals surface area contributed by atoms with E-state index in [2.05, 4.69) is 4.90 Å². The number of amides is 1. The summed E-state index contributed by atoms with van der Waals surface area (Å²) in [6.07, 6.45) is 0. The molecule has 1 aliphatic heterocycles. The summed E-state index contributed by atoms with van der Waals surface area (Å²) in [4.78, 5) is 32.9. The van der Waals surface area contributed by atoms with Crippen LogP contribution in [0.25, 0.3) is 20.3 Å². The number of benzene rings is 2. The average molecular weight is 489 g/mol. The molecule has 1 aliphatic rings. The molecule has 2 aromatic heterocycles. The lowest BCUT2D eigenvalue weighted by molar-refractivity contribution is -0.384. The van der Waals surface area contributed by atoms with E-state index in [0.29, 0.717) is 47.2 Å². The zero-order valence-corrected chi connectivity index (χ0v) is 19.3. The fourth-order valence-corrected chi connectivity index (χ4v) is 6.07. The number of ether oxygens (including phenoxy) is 1. The van der Waals surface area contributed by atoms with Crippen LogP contribution in [-0.2, 0) is 0 Å². The highest BCUT2D eigenvalue weighted by atomic mass is 35.5. The van der Waals surface area contributed by atoms with Gasteiger partial charge >= 0.3 is 0 Å². The van der Waals surface area contributed by atoms with Crippen LogP contribution < -0.4 is 9.64 Å². The van der Waals surface area contributed by atoms with Gasteiger partial charge in [-0.3, -0.25) is 14.9 Å². The first-order valence-corrected chi connectivity index (χ1v) is 11.8. The number of carbonyl (C=O) groups is 1. The van der Waals surface area contributed by atoms with E-state index in [0.717, 1.165) is 20.0 Å². The highest BCUT2D eigenvalue weighted by Crippen LogP contribution is 2.39. The van der Waals surface area contributed by atoms with E-state index < -0.39 is 4.92 Å². The number of thiazole rings is 1. The molecule has 11 heteroatoms. The predicted molar refractivity (Wildman–Crippen MR) is 128 cm³/mol. The van der Waals surface area contributed by atoms with Crippen LogP contribution in [0.1, 0.15) is 9.67 Å². The Balaban J connectivity index is 1.32. The maximum Gasteiger partial charge on any atom is 0.270 e. The van der Waals surface area contributed by atoms with Gasteiger partial charge in [0.05, 0.1) is 26.6 Å². The molecule has 8 nitrogen and oxygen atoms in total. The molecule has 1 fully saturated rings. The van der Waals surface area contributed by atoms with Crippen LogP contribution in [0.15, 0.2) is 36.4 Å². The van der Waals surface area contributed by atoms with Gasteiger partial charge in [-0.1, -0.05) is 22.9 Å². The van der Waals surface area contributed by atoms with Gasteiger partial charge in [-0.25, -0.2) is 4.98 Å². The van der Waals surface area contributed by atoms with Gasteiger partial charge in [-0.15, -0.1) is 11.3 Å². The Bertz CT molecular complexity index is 1360. The molecule has 5 rings (SSSR count). The Labute approximate surface area is 195 Å². The first kappa shape index (κ1) is 20.9. The highest BCUT2D eigenvalue weighted by Gasteiger charge is 2.26. The number of carbonyl (C=O) groups excluding carboxylic acids is 1. The minimum Gasteiger partial charge on any atom is -0.494 e. The van der Waals surface area contributed by atoms with Crippen LogP contribution in [-0.4, -0.2) is 54.0 Å². The molecule has 0 aliphatic carbocycles. The summed E-state index contributed by atoms with van der Waals surface area (Å²) in [6.45, 7) is 2.44. The Hall–Kier alpha value is -2.95. The first-order valence-electron chi connectivity index (χ1n) is 9.80. The number of nitrogens with zero attached hydrogens (tertiary/aromatic N) is 4. The van der Waals surface area contributed by atoms with Crippen molar-refractivity contribution in [1.82, 2.24) is 9.88 Å². The fraction of sp³-hybridized carbons (Fsp3) is 0.238. The number of hydrogen-bond donors (Lipinski definition) is 0. The summed E-state index contributed by atoms with van der Waals surface area (Å²) in [6, 6.07) is 10.0. The van der Waals surface area contributed by atoms with Crippen molar-refractivity contribution in [2.45, 2.75) is 0 Å². The third kappa shape index (κ3) is 3.64. The van der Waals surface area contributed by atoms with Crippen LogP contribution in [0.3, 0.4) is 0 Å². The lowest BCUT2D eigenvalue weighted by Crippen LogP contribution is -2.48. The second-order valence-corrected chi connectivity index (χ2v) is 9.76. The summed E-state index contributed by atoms with van der Waals surface area (Å²) in [5.41, 5.74) is 0.772. The smallest absolute Gasteiger partial charge is 0.270 e. The molecule has 0 spiro atoms. The zero-order valence-electron chi connectivity index (χ0n) is 16.9. The van der Waals surface area contributed by atoms with Gasteiger partial charge in [0, 0.05) is 48.4 Å². The van der Waals surface area contributed by atoms with Gasteiger partial charge in [0.15, 0.2) is 5.13 Å². The highest BCUT2D eigenvalue weighted by molar-refractivity contribution is 7.23. The fourth-order valence-electron chi connectivity index (χ4n) is 3.75. The number of non-ortho nitro benzene ring substituents is 1. The normalized spacial score (nSPS) is 14.3. The van der Waals surface area contributed by atoms with Crippen LogP contribution in [0.2, 0.25) is 5.02 Å². The number of halogens is 1. The molecule has 164 valence electrons. The minimum absolute atomic E-state index is 0.0236. The Morgan fingerprint density at radius 2 is 1.94 bits per heavy atom. The summed E-state index contributed by atoms with van der Waals surface area (Å²) in [7, 11) is 1.61. The molecule has 1 saturated heterocycles. The molecule has 1 amide bonds. The average Bonchev–Trinajstić information content (AvgIpc) is 3.44. The van der Waals surface area contributed by atoms with Gasteiger partial charge < -0.3 is 14.5 Å². The first-order chi connectivity index (χ1) is 15.4. The molecule has 0 unspecified atom stereocenters. The van der Waals surface area contributed by atoms with E-state index in [1.54, 1.807) is 25.3 Å². The predicted octanol–water partition coefficient (Wildman–Crippen LogP) is 5.04. The second kappa shape index (κ2) is 8.19. The molecular formula is C21H17ClN4O4S2. The van der Waals surface area contributed by atoms with Gasteiger partial charge in [0.2, 0.25) is 0 Å². The second-order valence-electron chi connectivity index (χ2n) is 7.29. The maximum absolute atomic E-state index is 13.0. The van der Waals surface area contributed by atoms with Crippen molar-refractivity contribution in [2.24, 2.45) is 0 Å². The van der Waals surface area contributed by atoms with Crippen LogP contribution in [0.5, 0.6) is 5.75 Å². The van der Waals surface area contributed by atoms with Crippen LogP contribution in [0.4, 0.5) is 10.8 Å². The number of fused-ring (bicyclic) bond motifs is 2. The number of nitro benzene ring substituents is 1. The molecule has 0 bridgehead atoms. The molecule has 3 heterocycles. The van der Waals surface area contributed by atoms with E-state index >= 15 is 0 Å². The minimum atomic E-state index is -0.428. The van der Waals surface area contributed by atoms with Crippen LogP contribution >= 0.6 is 34.3 Å². The van der Waals surface area contributed by atoms with Crippen molar-refractivity contribution in [2.75, 3.05) is 38.2 Å². The van der Waals surface area contributed by atoms with Gasteiger partial charge in [-0.05, 0) is 24.3 Å². The van der Waals surface area contributed by atoms with Gasteiger partial charge in [0.25, 0.3) is 11.6 Å². The molecule has 0 atom stereocenters. The summed E-state index contributed by atoms with van der Waals surface area (Å²) in [5.74, 6) is 0.633. The summed E-state index contributed by atoms with van der Waals surface area (Å²) < 4.78 is 7.15. The maximum atomic E-state index is 13.0. The number of hydrogen-bond acceptors (Lipinski definition) is 8. The van der Waals surface area contributed by atoms with Crippen molar-refractivity contribution in [1.29, 1.82) is 0 Å². The molecule has 4 aromatic rings. The van der Waals surface area contributed by atoms with E-state index in [-0.39, 0.29) is 11.6 Å². The molecule has 32 heavy (non-hydrogen) atoms. The number of rotatable bonds is 4. The Morgan fingerprint density at radius 1 is 1.16 bits per heavy atom. The SMILES string of the molecule is COc1ccc(Cl)c2sc(N3CCN(C(=O)c4cc5cc([N+](=O)[O-])ccc5s4)CC3)nc12. The lowest BCUT2D eigenvalue weighted by atomic mass is 10.2. The van der Waals surface area contributed by atoms with Crippen LogP contribution in [0, 0.1) is 10.1 Å². The number of methoxy groups -OCH3 is 1. The van der Waals surface area contributed by atoms with Crippen molar-refractivity contribution in [3.8, 4) is 5.75 Å². The van der Waals surface area contributed by atoms with Crippen molar-refractivity contribution < 1.29 is 14.5 Å². The third-order valence-electron chi connectivity index (χ3n) is 5.43. The molecule has 2 aromatic carbocycles. The van der Waals surface area contributed by atoms with E-state index in [1.165, 1.54) is 34.8 Å². The van der Waals surface area contributed by atoms with E-state index in [1.807, 2.05) is 11.0 Å². The quantitative estimate of drug-likeness (QED) is 0.295. The summed E-state index contributed by atoms with van der Waals surface area (Å²) >= 11 is 9.22. The molecule has 0 radical (unpaired) electrons. The Morgan fingerprint density at radius 3 is 2.66 bits per heavy atom. The third-order valence-corrected chi connectivity index (χ3v) is 8.11. The number of thiophene rings is 1. The molecule has 0 saturated carbocycles. The van der Waals surface area contributed by atoms with Crippen molar-refractivity contribution in [3.63, 3.8) is 0 Å². The number of piperazine rings is 1. The lowest BCUT2D eigenvalue weighted by Gasteiger charge is -2.34. The van der Waals surface area contributed by atoms with Crippen molar-refractivity contribution in [3.05, 3.63) is 56.4 Å². The standard InChI is InChI=1S/C21H17ClN4O4S2/c1-30-15-4-3-14(22)19-18(15)23-21(32-19)25-8-6-24(7-9-25)20(27)17-11-12-10-13(26(28)29)2-5-16(12)31-17/h2-5,10-11H,6-9H2,1H3. The van der Waals surface area contributed by atoms with Crippen molar-refractivity contribution >= 4 is 71.3 Å². The van der Waals surface area contributed by atoms with E-state index in [4.69, 9.17) is 21.3 Å². The molecular weight excluding hydrogens is 472 g/mol. The Kier molecular flexibility index (Phi) is 5.36. The topological polar surface area (TPSA) is 88.8 Å². The zero-order chi connectivity index (χ0) is 22.4. The monoisotopic (exact) mass is 488 g/mol. The van der Waals surface area contributed by atoms with Gasteiger partial charge in [0.1, 0.15) is 11.3 Å². The number of anilines is 1. The summed E-state index contributed by atoms with van der Waals surface area (Å²) in [5, 5.41) is 13.2. The molecule has 0 N–H and O–H groups in total. The number of nitro groups is 1. The van der Waals surface area contributed by atoms with Gasteiger partial charge in [-0.2, -0.15) is 0 Å². The number of aromatic nitrogens is 1. The van der Waals surface area contributed by atoms with E-state index in [9.17, 15) is 14.9 Å². The largest absolute Gasteiger partial charge is 0.494 e.